The second-order valence-electron chi connectivity index (χ2n) is 7.96. The Labute approximate surface area is 164 Å². The van der Waals surface area contributed by atoms with Crippen LogP contribution >= 0.6 is 0 Å². The maximum absolute atomic E-state index is 11.4. The van der Waals surface area contributed by atoms with Gasteiger partial charge >= 0.3 is 5.97 Å². The van der Waals surface area contributed by atoms with E-state index in [0.717, 1.165) is 39.0 Å². The zero-order valence-corrected chi connectivity index (χ0v) is 16.4. The first kappa shape index (κ1) is 18.6. The molecule has 146 valence electrons. The van der Waals surface area contributed by atoms with Gasteiger partial charge in [-0.25, -0.2) is 4.98 Å². The fraction of sp³-hybridized carbons (Fsp3) is 0.455. The molecule has 0 aliphatic heterocycles. The van der Waals surface area contributed by atoms with Gasteiger partial charge in [0.2, 0.25) is 0 Å². The molecule has 6 nitrogen and oxygen atoms in total. The number of rotatable bonds is 6. The Morgan fingerprint density at radius 2 is 2.07 bits per heavy atom. The maximum Gasteiger partial charge on any atom is 0.303 e. The lowest BCUT2D eigenvalue weighted by Gasteiger charge is -2.23. The number of aromatic amines is 1. The molecule has 3 aromatic rings. The SMILES string of the molecule is Cc1cncc(-c2c(CCC(=O)O)c(C(C)C3CCCC3)nc3[nH]ncc23)c1. The molecule has 0 saturated heterocycles. The molecule has 0 spiro atoms. The first-order valence-electron chi connectivity index (χ1n) is 10.0. The summed E-state index contributed by atoms with van der Waals surface area (Å²) in [5.74, 6) is 0.0931. The molecule has 2 N–H and O–H groups in total. The van der Waals surface area contributed by atoms with E-state index >= 15 is 0 Å². The number of nitrogens with zero attached hydrogens (tertiary/aromatic N) is 3. The van der Waals surface area contributed by atoms with Crippen molar-refractivity contribution in [3.05, 3.63) is 41.5 Å². The monoisotopic (exact) mass is 378 g/mol. The van der Waals surface area contributed by atoms with E-state index in [1.165, 1.54) is 25.7 Å². The quantitative estimate of drug-likeness (QED) is 0.652. The Morgan fingerprint density at radius 1 is 1.29 bits per heavy atom. The fourth-order valence-corrected chi connectivity index (χ4v) is 4.59. The summed E-state index contributed by atoms with van der Waals surface area (Å²) in [6, 6.07) is 2.10. The van der Waals surface area contributed by atoms with Gasteiger partial charge in [-0.05, 0) is 49.3 Å². The Morgan fingerprint density at radius 3 is 2.79 bits per heavy atom. The van der Waals surface area contributed by atoms with Crippen LogP contribution in [0.25, 0.3) is 22.2 Å². The smallest absolute Gasteiger partial charge is 0.303 e. The average Bonchev–Trinajstić information content (AvgIpc) is 3.36. The van der Waals surface area contributed by atoms with Crippen molar-refractivity contribution >= 4 is 17.0 Å². The predicted molar refractivity (Wildman–Crippen MR) is 108 cm³/mol. The van der Waals surface area contributed by atoms with Crippen LogP contribution in [-0.4, -0.2) is 31.2 Å². The lowest BCUT2D eigenvalue weighted by atomic mass is 9.83. The van der Waals surface area contributed by atoms with E-state index in [-0.39, 0.29) is 12.3 Å². The van der Waals surface area contributed by atoms with E-state index in [1.807, 2.05) is 19.3 Å². The molecule has 1 atom stereocenters. The van der Waals surface area contributed by atoms with Gasteiger partial charge in [0.1, 0.15) is 0 Å². The largest absolute Gasteiger partial charge is 0.481 e. The molecule has 0 bridgehead atoms. The Hall–Kier alpha value is -2.76. The van der Waals surface area contributed by atoms with Gasteiger partial charge in [-0.15, -0.1) is 0 Å². The number of hydrogen-bond acceptors (Lipinski definition) is 4. The molecular weight excluding hydrogens is 352 g/mol. The summed E-state index contributed by atoms with van der Waals surface area (Å²) in [7, 11) is 0. The number of aromatic nitrogens is 4. The third-order valence-corrected chi connectivity index (χ3v) is 6.02. The van der Waals surface area contributed by atoms with Crippen LogP contribution in [0, 0.1) is 12.8 Å². The molecule has 1 saturated carbocycles. The van der Waals surface area contributed by atoms with Gasteiger partial charge in [-0.1, -0.05) is 19.8 Å². The molecule has 0 radical (unpaired) electrons. The fourth-order valence-electron chi connectivity index (χ4n) is 4.59. The number of hydrogen-bond donors (Lipinski definition) is 2. The van der Waals surface area contributed by atoms with Gasteiger partial charge in [-0.3, -0.25) is 14.9 Å². The summed E-state index contributed by atoms with van der Waals surface area (Å²) in [6.07, 6.45) is 11.0. The zero-order valence-electron chi connectivity index (χ0n) is 16.4. The first-order chi connectivity index (χ1) is 13.5. The molecule has 6 heteroatoms. The highest BCUT2D eigenvalue weighted by Crippen LogP contribution is 2.41. The van der Waals surface area contributed by atoms with Crippen LogP contribution in [0.3, 0.4) is 0 Å². The van der Waals surface area contributed by atoms with Gasteiger partial charge in [-0.2, -0.15) is 5.10 Å². The molecule has 1 aliphatic carbocycles. The van der Waals surface area contributed by atoms with Crippen LogP contribution in [0.15, 0.2) is 24.7 Å². The Kier molecular flexibility index (Phi) is 5.11. The van der Waals surface area contributed by atoms with Gasteiger partial charge in [0.15, 0.2) is 5.65 Å². The van der Waals surface area contributed by atoms with E-state index in [9.17, 15) is 9.90 Å². The number of pyridine rings is 2. The van der Waals surface area contributed by atoms with Gasteiger partial charge in [0.25, 0.3) is 0 Å². The van der Waals surface area contributed by atoms with Crippen molar-refractivity contribution in [2.24, 2.45) is 5.92 Å². The van der Waals surface area contributed by atoms with Crippen LogP contribution in [0.2, 0.25) is 0 Å². The summed E-state index contributed by atoms with van der Waals surface area (Å²) in [6.45, 7) is 4.26. The second kappa shape index (κ2) is 7.70. The third-order valence-electron chi connectivity index (χ3n) is 6.02. The average molecular weight is 378 g/mol. The number of carbonyl (C=O) groups is 1. The molecule has 1 fully saturated rings. The predicted octanol–water partition coefficient (Wildman–Crippen LogP) is 4.64. The Bertz CT molecular complexity index is 1000. The molecule has 1 unspecified atom stereocenters. The minimum Gasteiger partial charge on any atom is -0.481 e. The molecule has 3 heterocycles. The molecule has 0 aromatic carbocycles. The minimum atomic E-state index is -0.792. The number of H-pyrrole nitrogens is 1. The summed E-state index contributed by atoms with van der Waals surface area (Å²) >= 11 is 0. The number of aliphatic carboxylic acids is 1. The standard InChI is InChI=1S/C22H26N4O2/c1-13-9-16(11-23-10-13)20-17(7-8-19(27)28)21(14(2)15-5-3-4-6-15)25-22-18(20)12-24-26-22/h9-12,14-15H,3-8H2,1-2H3,(H,27,28)(H,24,25,26). The van der Waals surface area contributed by atoms with Crippen molar-refractivity contribution in [3.8, 4) is 11.1 Å². The highest BCUT2D eigenvalue weighted by molar-refractivity contribution is 5.94. The van der Waals surface area contributed by atoms with Gasteiger partial charge in [0, 0.05) is 46.9 Å². The Balaban J connectivity index is 1.94. The topological polar surface area (TPSA) is 91.8 Å². The number of aryl methyl sites for hydroxylation is 1. The normalized spacial score (nSPS) is 15.9. The number of carboxylic acids is 1. The molecule has 28 heavy (non-hydrogen) atoms. The summed E-state index contributed by atoms with van der Waals surface area (Å²) in [5, 5.41) is 17.5. The van der Waals surface area contributed by atoms with Crippen molar-refractivity contribution in [2.75, 3.05) is 0 Å². The van der Waals surface area contributed by atoms with E-state index in [4.69, 9.17) is 4.98 Å². The van der Waals surface area contributed by atoms with Crippen LogP contribution in [-0.2, 0) is 11.2 Å². The zero-order chi connectivity index (χ0) is 19.7. The van der Waals surface area contributed by atoms with Crippen molar-refractivity contribution < 1.29 is 9.90 Å². The first-order valence-corrected chi connectivity index (χ1v) is 10.0. The molecule has 1 aliphatic rings. The van der Waals surface area contributed by atoms with Crippen LogP contribution in [0.4, 0.5) is 0 Å². The number of carboxylic acid groups (broad SMARTS) is 1. The van der Waals surface area contributed by atoms with E-state index in [1.54, 1.807) is 6.20 Å². The molecule has 3 aromatic heterocycles. The number of nitrogens with one attached hydrogen (secondary N) is 1. The number of fused-ring (bicyclic) bond motifs is 1. The molecule has 4 rings (SSSR count). The molecular formula is C22H26N4O2. The summed E-state index contributed by atoms with van der Waals surface area (Å²) in [4.78, 5) is 20.7. The van der Waals surface area contributed by atoms with Crippen molar-refractivity contribution in [3.63, 3.8) is 0 Å². The third kappa shape index (κ3) is 3.51. The summed E-state index contributed by atoms with van der Waals surface area (Å²) in [5.41, 5.74) is 5.89. The van der Waals surface area contributed by atoms with Gasteiger partial charge < -0.3 is 5.11 Å². The van der Waals surface area contributed by atoms with Crippen LogP contribution in [0.1, 0.15) is 61.8 Å². The van der Waals surface area contributed by atoms with Crippen molar-refractivity contribution in [1.82, 2.24) is 20.2 Å². The lowest BCUT2D eigenvalue weighted by molar-refractivity contribution is -0.136. The molecule has 0 amide bonds. The highest BCUT2D eigenvalue weighted by atomic mass is 16.4. The van der Waals surface area contributed by atoms with Gasteiger partial charge in [0.05, 0.1) is 6.20 Å². The summed E-state index contributed by atoms with van der Waals surface area (Å²) < 4.78 is 0. The van der Waals surface area contributed by atoms with Crippen LogP contribution in [0.5, 0.6) is 0 Å². The lowest BCUT2D eigenvalue weighted by Crippen LogP contribution is -2.13. The van der Waals surface area contributed by atoms with E-state index < -0.39 is 5.97 Å². The van der Waals surface area contributed by atoms with Crippen molar-refractivity contribution in [1.29, 1.82) is 0 Å². The second-order valence-corrected chi connectivity index (χ2v) is 7.96. The minimum absolute atomic E-state index is 0.0850. The van der Waals surface area contributed by atoms with E-state index in [0.29, 0.717) is 12.3 Å². The highest BCUT2D eigenvalue weighted by Gasteiger charge is 2.28. The van der Waals surface area contributed by atoms with E-state index in [2.05, 4.69) is 28.2 Å². The van der Waals surface area contributed by atoms with Crippen molar-refractivity contribution in [2.45, 2.75) is 58.3 Å². The van der Waals surface area contributed by atoms with Crippen LogP contribution < -0.4 is 0 Å². The maximum atomic E-state index is 11.4.